The van der Waals surface area contributed by atoms with E-state index in [1.54, 1.807) is 0 Å². The van der Waals surface area contributed by atoms with Gasteiger partial charge in [0.1, 0.15) is 0 Å². The first-order valence-electron chi connectivity index (χ1n) is 8.36. The molecule has 0 N–H and O–H groups in total. The molecule has 2 aliphatic heterocycles. The Morgan fingerprint density at radius 2 is 1.81 bits per heavy atom. The monoisotopic (exact) mass is 294 g/mol. The molecule has 4 heteroatoms. The first kappa shape index (κ1) is 14.0. The van der Waals surface area contributed by atoms with Gasteiger partial charge in [0.05, 0.1) is 36.9 Å². The maximum atomic E-state index is 12.6. The Bertz CT molecular complexity index is 464. The van der Waals surface area contributed by atoms with Crippen LogP contribution in [-0.2, 0) is 19.0 Å². The zero-order valence-electron chi connectivity index (χ0n) is 13.4. The number of esters is 1. The summed E-state index contributed by atoms with van der Waals surface area (Å²) in [7, 11) is 1.52. The number of hydrogen-bond donors (Lipinski definition) is 0. The Balaban J connectivity index is 1.67. The van der Waals surface area contributed by atoms with E-state index < -0.39 is 5.41 Å². The Labute approximate surface area is 126 Å². The van der Waals surface area contributed by atoms with Crippen LogP contribution < -0.4 is 0 Å². The van der Waals surface area contributed by atoms with Gasteiger partial charge in [0.25, 0.3) is 0 Å². The Morgan fingerprint density at radius 3 is 2.52 bits per heavy atom. The summed E-state index contributed by atoms with van der Waals surface area (Å²) in [5.41, 5.74) is -0.424. The molecular formula is C17H26O4. The highest BCUT2D eigenvalue weighted by Crippen LogP contribution is 2.60. The van der Waals surface area contributed by atoms with Gasteiger partial charge >= 0.3 is 5.97 Å². The highest BCUT2D eigenvalue weighted by Gasteiger charge is 2.66. The van der Waals surface area contributed by atoms with Crippen molar-refractivity contribution in [2.24, 2.45) is 29.1 Å². The number of fused-ring (bicyclic) bond motifs is 2. The SMILES string of the molecule is COC(=O)C1(C)C(C)CC2OC2C1C1CC2OC2CC1C. The molecule has 2 saturated heterocycles. The van der Waals surface area contributed by atoms with Crippen LogP contribution >= 0.6 is 0 Å². The van der Waals surface area contributed by atoms with Gasteiger partial charge in [0.2, 0.25) is 0 Å². The van der Waals surface area contributed by atoms with Crippen molar-refractivity contribution < 1.29 is 19.0 Å². The van der Waals surface area contributed by atoms with E-state index in [-0.39, 0.29) is 18.0 Å². The quantitative estimate of drug-likeness (QED) is 0.579. The molecule has 0 spiro atoms. The highest BCUT2D eigenvalue weighted by atomic mass is 16.6. The lowest BCUT2D eigenvalue weighted by molar-refractivity contribution is -0.164. The highest BCUT2D eigenvalue weighted by molar-refractivity contribution is 5.77. The number of carbonyl (C=O) groups excluding carboxylic acids is 1. The molecule has 0 aromatic carbocycles. The fourth-order valence-corrected chi connectivity index (χ4v) is 5.31. The number of epoxide rings is 2. The molecule has 9 atom stereocenters. The molecule has 0 aromatic heterocycles. The number of carbonyl (C=O) groups is 1. The largest absolute Gasteiger partial charge is 0.469 e. The number of methoxy groups -OCH3 is 1. The molecule has 0 aromatic rings. The molecule has 4 nitrogen and oxygen atoms in total. The van der Waals surface area contributed by atoms with Gasteiger partial charge in [0, 0.05) is 5.92 Å². The average molecular weight is 294 g/mol. The lowest BCUT2D eigenvalue weighted by atomic mass is 9.54. The number of hydrogen-bond acceptors (Lipinski definition) is 4. The summed E-state index contributed by atoms with van der Waals surface area (Å²) in [6.45, 7) is 6.61. The summed E-state index contributed by atoms with van der Waals surface area (Å²) < 4.78 is 16.9. The third-order valence-electron chi connectivity index (χ3n) is 6.89. The molecule has 21 heavy (non-hydrogen) atoms. The maximum absolute atomic E-state index is 12.6. The summed E-state index contributed by atoms with van der Waals surface area (Å²) in [6.07, 6.45) is 4.74. The standard InChI is InChI=1S/C17H26O4/c1-8-5-11-12(20-11)7-10(8)14-15-13(21-15)6-9(2)17(14,3)16(18)19-4/h8-15H,5-7H2,1-4H3. The van der Waals surface area contributed by atoms with E-state index in [0.29, 0.717) is 36.1 Å². The minimum absolute atomic E-state index is 0.0556. The molecule has 0 radical (unpaired) electrons. The first-order chi connectivity index (χ1) is 9.96. The molecule has 4 fully saturated rings. The van der Waals surface area contributed by atoms with E-state index in [4.69, 9.17) is 14.2 Å². The topological polar surface area (TPSA) is 51.4 Å². The third kappa shape index (κ3) is 1.91. The summed E-state index contributed by atoms with van der Waals surface area (Å²) >= 11 is 0. The molecule has 2 aliphatic carbocycles. The van der Waals surface area contributed by atoms with Crippen LogP contribution in [-0.4, -0.2) is 37.5 Å². The Hall–Kier alpha value is -0.610. The van der Waals surface area contributed by atoms with Crippen LogP contribution in [0.3, 0.4) is 0 Å². The van der Waals surface area contributed by atoms with Crippen LogP contribution in [0.25, 0.3) is 0 Å². The maximum Gasteiger partial charge on any atom is 0.312 e. The molecule has 9 unspecified atom stereocenters. The van der Waals surface area contributed by atoms with Crippen molar-refractivity contribution in [1.82, 2.24) is 0 Å². The van der Waals surface area contributed by atoms with Gasteiger partial charge < -0.3 is 14.2 Å². The van der Waals surface area contributed by atoms with Gasteiger partial charge in [-0.15, -0.1) is 0 Å². The van der Waals surface area contributed by atoms with Crippen LogP contribution in [0.4, 0.5) is 0 Å². The first-order valence-corrected chi connectivity index (χ1v) is 8.36. The fourth-order valence-electron chi connectivity index (χ4n) is 5.31. The van der Waals surface area contributed by atoms with Gasteiger partial charge in [-0.3, -0.25) is 4.79 Å². The van der Waals surface area contributed by atoms with Crippen LogP contribution in [0.2, 0.25) is 0 Å². The van der Waals surface area contributed by atoms with Crippen molar-refractivity contribution >= 4 is 5.97 Å². The Kier molecular flexibility index (Phi) is 2.97. The van der Waals surface area contributed by atoms with Crippen molar-refractivity contribution in [3.8, 4) is 0 Å². The van der Waals surface area contributed by atoms with Gasteiger partial charge in [-0.1, -0.05) is 13.8 Å². The van der Waals surface area contributed by atoms with Crippen molar-refractivity contribution in [3.63, 3.8) is 0 Å². The minimum atomic E-state index is -0.424. The molecule has 4 rings (SSSR count). The molecular weight excluding hydrogens is 268 g/mol. The van der Waals surface area contributed by atoms with E-state index in [1.807, 2.05) is 0 Å². The van der Waals surface area contributed by atoms with Crippen molar-refractivity contribution in [2.75, 3.05) is 7.11 Å². The number of ether oxygens (including phenoxy) is 3. The van der Waals surface area contributed by atoms with Gasteiger partial charge in [-0.25, -0.2) is 0 Å². The second-order valence-corrected chi connectivity index (χ2v) is 7.90. The molecule has 2 saturated carbocycles. The fraction of sp³-hybridized carbons (Fsp3) is 0.941. The molecule has 0 amide bonds. The minimum Gasteiger partial charge on any atom is -0.469 e. The smallest absolute Gasteiger partial charge is 0.312 e. The van der Waals surface area contributed by atoms with Crippen LogP contribution in [0.5, 0.6) is 0 Å². The van der Waals surface area contributed by atoms with E-state index >= 15 is 0 Å². The van der Waals surface area contributed by atoms with E-state index in [9.17, 15) is 4.79 Å². The summed E-state index contributed by atoms with van der Waals surface area (Å²) in [6, 6.07) is 0. The molecule has 2 heterocycles. The van der Waals surface area contributed by atoms with Crippen molar-refractivity contribution in [1.29, 1.82) is 0 Å². The average Bonchev–Trinajstić information content (AvgIpc) is 3.34. The lowest BCUT2D eigenvalue weighted by Gasteiger charge is -2.47. The van der Waals surface area contributed by atoms with E-state index in [1.165, 1.54) is 7.11 Å². The molecule has 4 aliphatic rings. The predicted molar refractivity (Wildman–Crippen MR) is 76.6 cm³/mol. The summed E-state index contributed by atoms with van der Waals surface area (Å²) in [4.78, 5) is 12.6. The van der Waals surface area contributed by atoms with Crippen molar-refractivity contribution in [2.45, 2.75) is 64.4 Å². The van der Waals surface area contributed by atoms with Gasteiger partial charge in [0.15, 0.2) is 0 Å². The van der Waals surface area contributed by atoms with E-state index in [0.717, 1.165) is 19.3 Å². The second-order valence-electron chi connectivity index (χ2n) is 7.90. The van der Waals surface area contributed by atoms with Crippen LogP contribution in [0, 0.1) is 29.1 Å². The van der Waals surface area contributed by atoms with E-state index in [2.05, 4.69) is 20.8 Å². The molecule has 0 bridgehead atoms. The van der Waals surface area contributed by atoms with Crippen LogP contribution in [0.1, 0.15) is 40.0 Å². The Morgan fingerprint density at radius 1 is 1.10 bits per heavy atom. The van der Waals surface area contributed by atoms with Gasteiger partial charge in [-0.2, -0.15) is 0 Å². The third-order valence-corrected chi connectivity index (χ3v) is 6.89. The normalized spacial score (nSPS) is 57.9. The summed E-state index contributed by atoms with van der Waals surface area (Å²) in [5, 5.41) is 0. The number of rotatable bonds is 2. The van der Waals surface area contributed by atoms with Gasteiger partial charge in [-0.05, 0) is 43.9 Å². The lowest BCUT2D eigenvalue weighted by Crippen LogP contribution is -2.53. The zero-order chi connectivity index (χ0) is 14.9. The van der Waals surface area contributed by atoms with Crippen LogP contribution in [0.15, 0.2) is 0 Å². The molecule has 118 valence electrons. The second kappa shape index (κ2) is 4.45. The summed E-state index contributed by atoms with van der Waals surface area (Å²) in [5.74, 6) is 1.64. The van der Waals surface area contributed by atoms with Crippen molar-refractivity contribution in [3.05, 3.63) is 0 Å². The zero-order valence-corrected chi connectivity index (χ0v) is 13.4. The predicted octanol–water partition coefficient (Wildman–Crippen LogP) is 2.40.